The standard InChI is InChI=1S/C18H19Cl2NO4/c1-10-7-12(19)5-6-15(10)25-11(2)18(22)21-14-9-16(23-3)13(20)8-17(14)24-4/h5-9,11H,1-4H3,(H,21,22)/t11-/m1/s1. The van der Waals surface area contributed by atoms with Crippen molar-refractivity contribution in [1.29, 1.82) is 0 Å². The van der Waals surface area contributed by atoms with E-state index in [1.807, 2.05) is 6.92 Å². The SMILES string of the molecule is COc1cc(NC(=O)[C@@H](C)Oc2ccc(Cl)cc2C)c(OC)cc1Cl. The molecule has 1 amide bonds. The maximum atomic E-state index is 12.5. The smallest absolute Gasteiger partial charge is 0.265 e. The minimum absolute atomic E-state index is 0.336. The quantitative estimate of drug-likeness (QED) is 0.783. The molecule has 2 aromatic carbocycles. The first-order valence-electron chi connectivity index (χ1n) is 7.51. The maximum Gasteiger partial charge on any atom is 0.265 e. The van der Waals surface area contributed by atoms with Crippen LogP contribution in [0, 0.1) is 6.92 Å². The van der Waals surface area contributed by atoms with Crippen molar-refractivity contribution < 1.29 is 19.0 Å². The van der Waals surface area contributed by atoms with E-state index in [9.17, 15) is 4.79 Å². The summed E-state index contributed by atoms with van der Waals surface area (Å²) < 4.78 is 16.1. The summed E-state index contributed by atoms with van der Waals surface area (Å²) in [7, 11) is 2.99. The van der Waals surface area contributed by atoms with Gasteiger partial charge in [0.15, 0.2) is 6.10 Å². The molecule has 1 atom stereocenters. The first kappa shape index (κ1) is 19.2. The van der Waals surface area contributed by atoms with Crippen LogP contribution in [-0.4, -0.2) is 26.2 Å². The fraction of sp³-hybridized carbons (Fsp3) is 0.278. The second-order valence-corrected chi connectivity index (χ2v) is 6.19. The van der Waals surface area contributed by atoms with Crippen molar-refractivity contribution in [2.24, 2.45) is 0 Å². The third-order valence-corrected chi connectivity index (χ3v) is 4.07. The van der Waals surface area contributed by atoms with Gasteiger partial charge in [0.25, 0.3) is 5.91 Å². The van der Waals surface area contributed by atoms with Crippen LogP contribution in [0.2, 0.25) is 10.0 Å². The van der Waals surface area contributed by atoms with Gasteiger partial charge in [0.2, 0.25) is 0 Å². The van der Waals surface area contributed by atoms with E-state index in [0.717, 1.165) is 5.56 Å². The molecule has 0 aliphatic rings. The van der Waals surface area contributed by atoms with Crippen molar-refractivity contribution >= 4 is 34.8 Å². The summed E-state index contributed by atoms with van der Waals surface area (Å²) in [6, 6.07) is 8.38. The lowest BCUT2D eigenvalue weighted by molar-refractivity contribution is -0.122. The number of hydrogen-bond acceptors (Lipinski definition) is 4. The summed E-state index contributed by atoms with van der Waals surface area (Å²) in [6.07, 6.45) is -0.730. The van der Waals surface area contributed by atoms with Crippen LogP contribution in [0.15, 0.2) is 30.3 Å². The average Bonchev–Trinajstić information content (AvgIpc) is 2.58. The molecule has 25 heavy (non-hydrogen) atoms. The number of nitrogens with one attached hydrogen (secondary N) is 1. The molecule has 0 fully saturated rings. The van der Waals surface area contributed by atoms with Crippen LogP contribution in [0.1, 0.15) is 12.5 Å². The van der Waals surface area contributed by atoms with Gasteiger partial charge in [-0.25, -0.2) is 0 Å². The fourth-order valence-corrected chi connectivity index (χ4v) is 2.64. The second-order valence-electron chi connectivity index (χ2n) is 5.35. The molecule has 0 aliphatic carbocycles. The zero-order valence-electron chi connectivity index (χ0n) is 14.4. The number of carbonyl (C=O) groups excluding carboxylic acids is 1. The van der Waals surface area contributed by atoms with E-state index in [4.69, 9.17) is 37.4 Å². The molecule has 1 N–H and O–H groups in total. The van der Waals surface area contributed by atoms with Crippen LogP contribution in [0.25, 0.3) is 0 Å². The van der Waals surface area contributed by atoms with Gasteiger partial charge in [0.05, 0.1) is 24.9 Å². The van der Waals surface area contributed by atoms with Crippen molar-refractivity contribution in [1.82, 2.24) is 0 Å². The van der Waals surface area contributed by atoms with Gasteiger partial charge >= 0.3 is 0 Å². The molecule has 0 heterocycles. The first-order chi connectivity index (χ1) is 11.8. The molecular weight excluding hydrogens is 365 g/mol. The number of halogens is 2. The van der Waals surface area contributed by atoms with Crippen molar-refractivity contribution in [2.75, 3.05) is 19.5 Å². The Labute approximate surface area is 156 Å². The molecule has 134 valence electrons. The highest BCUT2D eigenvalue weighted by molar-refractivity contribution is 6.32. The summed E-state index contributed by atoms with van der Waals surface area (Å²) in [6.45, 7) is 3.52. The lowest BCUT2D eigenvalue weighted by atomic mass is 10.2. The Morgan fingerprint density at radius 3 is 2.32 bits per heavy atom. The van der Waals surface area contributed by atoms with Crippen molar-refractivity contribution in [3.8, 4) is 17.2 Å². The molecule has 5 nitrogen and oxygen atoms in total. The van der Waals surface area contributed by atoms with Crippen LogP contribution < -0.4 is 19.5 Å². The molecular formula is C18H19Cl2NO4. The van der Waals surface area contributed by atoms with Gasteiger partial charge in [0.1, 0.15) is 17.2 Å². The summed E-state index contributed by atoms with van der Waals surface area (Å²) >= 11 is 12.0. The third kappa shape index (κ3) is 4.71. The Morgan fingerprint density at radius 1 is 1.04 bits per heavy atom. The van der Waals surface area contributed by atoms with Gasteiger partial charge in [-0.1, -0.05) is 23.2 Å². The molecule has 0 saturated carbocycles. The van der Waals surface area contributed by atoms with Gasteiger partial charge in [-0.05, 0) is 37.6 Å². The van der Waals surface area contributed by atoms with E-state index < -0.39 is 6.10 Å². The number of benzene rings is 2. The number of hydrogen-bond donors (Lipinski definition) is 1. The van der Waals surface area contributed by atoms with E-state index >= 15 is 0 Å². The molecule has 0 unspecified atom stereocenters. The van der Waals surface area contributed by atoms with Gasteiger partial charge in [-0.3, -0.25) is 4.79 Å². The Bertz CT molecular complexity index is 780. The predicted molar refractivity (Wildman–Crippen MR) is 99.5 cm³/mol. The van der Waals surface area contributed by atoms with E-state index in [2.05, 4.69) is 5.32 Å². The normalized spacial score (nSPS) is 11.6. The number of anilines is 1. The molecule has 0 aromatic heterocycles. The molecule has 0 radical (unpaired) electrons. The van der Waals surface area contributed by atoms with E-state index in [0.29, 0.717) is 33.0 Å². The van der Waals surface area contributed by atoms with E-state index in [1.165, 1.54) is 14.2 Å². The fourth-order valence-electron chi connectivity index (χ4n) is 2.18. The minimum Gasteiger partial charge on any atom is -0.495 e. The first-order valence-corrected chi connectivity index (χ1v) is 8.26. The Kier molecular flexibility index (Phi) is 6.39. The number of ether oxygens (including phenoxy) is 3. The third-order valence-electron chi connectivity index (χ3n) is 3.54. The number of aryl methyl sites for hydroxylation is 1. The van der Waals surface area contributed by atoms with Crippen LogP contribution in [0.5, 0.6) is 17.2 Å². The van der Waals surface area contributed by atoms with Crippen LogP contribution in [0.4, 0.5) is 5.69 Å². The summed E-state index contributed by atoms with van der Waals surface area (Å²) in [5.41, 5.74) is 1.29. The zero-order valence-corrected chi connectivity index (χ0v) is 15.9. The van der Waals surface area contributed by atoms with Crippen LogP contribution >= 0.6 is 23.2 Å². The Hall–Kier alpha value is -2.11. The average molecular weight is 384 g/mol. The Morgan fingerprint density at radius 2 is 1.72 bits per heavy atom. The van der Waals surface area contributed by atoms with E-state index in [-0.39, 0.29) is 5.91 Å². The monoisotopic (exact) mass is 383 g/mol. The van der Waals surface area contributed by atoms with Crippen molar-refractivity contribution in [2.45, 2.75) is 20.0 Å². The second kappa shape index (κ2) is 8.32. The van der Waals surface area contributed by atoms with Gasteiger partial charge in [-0.15, -0.1) is 0 Å². The molecule has 2 aromatic rings. The summed E-state index contributed by atoms with van der Waals surface area (Å²) in [4.78, 5) is 12.5. The van der Waals surface area contributed by atoms with Crippen molar-refractivity contribution in [3.63, 3.8) is 0 Å². The Balaban J connectivity index is 2.15. The predicted octanol–water partition coefficient (Wildman–Crippen LogP) is 4.73. The van der Waals surface area contributed by atoms with Gasteiger partial charge < -0.3 is 19.5 Å². The highest BCUT2D eigenvalue weighted by Crippen LogP contribution is 2.36. The number of rotatable bonds is 6. The summed E-state index contributed by atoms with van der Waals surface area (Å²) in [5, 5.41) is 3.76. The van der Waals surface area contributed by atoms with Crippen LogP contribution in [0.3, 0.4) is 0 Å². The van der Waals surface area contributed by atoms with E-state index in [1.54, 1.807) is 37.3 Å². The lowest BCUT2D eigenvalue weighted by Crippen LogP contribution is -2.30. The molecule has 0 bridgehead atoms. The van der Waals surface area contributed by atoms with Crippen molar-refractivity contribution in [3.05, 3.63) is 45.9 Å². The molecule has 0 aliphatic heterocycles. The highest BCUT2D eigenvalue weighted by atomic mass is 35.5. The molecule has 2 rings (SSSR count). The summed E-state index contributed by atoms with van der Waals surface area (Å²) in [5.74, 6) is 1.11. The number of amides is 1. The minimum atomic E-state index is -0.730. The lowest BCUT2D eigenvalue weighted by Gasteiger charge is -2.18. The van der Waals surface area contributed by atoms with Crippen LogP contribution in [-0.2, 0) is 4.79 Å². The highest BCUT2D eigenvalue weighted by Gasteiger charge is 2.19. The molecule has 0 saturated heterocycles. The topological polar surface area (TPSA) is 56.8 Å². The number of carbonyl (C=O) groups is 1. The molecule has 7 heteroatoms. The number of methoxy groups -OCH3 is 2. The largest absolute Gasteiger partial charge is 0.495 e. The van der Waals surface area contributed by atoms with Gasteiger partial charge in [-0.2, -0.15) is 0 Å². The maximum absolute atomic E-state index is 12.5. The molecule has 0 spiro atoms. The van der Waals surface area contributed by atoms with Gasteiger partial charge in [0, 0.05) is 17.2 Å². The zero-order chi connectivity index (χ0) is 18.6.